The molecular formula is C13H30N2O3S. The lowest BCUT2D eigenvalue weighted by Gasteiger charge is -2.18. The van der Waals surface area contributed by atoms with Crippen LogP contribution in [-0.2, 0) is 14.8 Å². The molecule has 0 spiro atoms. The maximum Gasteiger partial charge on any atom is 0.213 e. The zero-order valence-electron chi connectivity index (χ0n) is 13.0. The summed E-state index contributed by atoms with van der Waals surface area (Å²) in [4.78, 5) is 0. The Morgan fingerprint density at radius 2 is 1.79 bits per heavy atom. The maximum atomic E-state index is 12.0. The fraction of sp³-hybridized carbons (Fsp3) is 1.00. The van der Waals surface area contributed by atoms with E-state index in [1.807, 2.05) is 13.8 Å². The Morgan fingerprint density at radius 3 is 2.32 bits per heavy atom. The predicted molar refractivity (Wildman–Crippen MR) is 79.9 cm³/mol. The predicted octanol–water partition coefficient (Wildman–Crippen LogP) is 1.45. The molecule has 0 aliphatic carbocycles. The van der Waals surface area contributed by atoms with Gasteiger partial charge in [-0.25, -0.2) is 12.7 Å². The monoisotopic (exact) mass is 294 g/mol. The summed E-state index contributed by atoms with van der Waals surface area (Å²) in [5.74, 6) is 0.213. The molecule has 0 aromatic rings. The molecule has 0 heterocycles. The van der Waals surface area contributed by atoms with Crippen LogP contribution >= 0.6 is 0 Å². The van der Waals surface area contributed by atoms with Gasteiger partial charge in [0, 0.05) is 19.6 Å². The number of hydrogen-bond acceptors (Lipinski definition) is 4. The van der Waals surface area contributed by atoms with Crippen LogP contribution in [0.2, 0.25) is 0 Å². The molecule has 0 aromatic heterocycles. The molecule has 0 bridgehead atoms. The molecule has 19 heavy (non-hydrogen) atoms. The van der Waals surface area contributed by atoms with E-state index in [1.54, 1.807) is 7.05 Å². The van der Waals surface area contributed by atoms with E-state index in [0.717, 1.165) is 13.0 Å². The average molecular weight is 294 g/mol. The van der Waals surface area contributed by atoms with E-state index in [4.69, 9.17) is 4.74 Å². The first-order valence-corrected chi connectivity index (χ1v) is 8.65. The fourth-order valence-electron chi connectivity index (χ4n) is 1.51. The van der Waals surface area contributed by atoms with Crippen molar-refractivity contribution in [3.63, 3.8) is 0 Å². The molecule has 0 atom stereocenters. The van der Waals surface area contributed by atoms with Crippen molar-refractivity contribution in [2.24, 2.45) is 0 Å². The standard InChI is InChI=1S/C13H30N2O3S/c1-12(2)14-8-6-7-11-19(16,17)15(5)9-10-18-13(3)4/h12-14H,6-11H2,1-5H3. The van der Waals surface area contributed by atoms with Crippen molar-refractivity contribution in [1.82, 2.24) is 9.62 Å². The molecule has 0 aliphatic rings. The highest BCUT2D eigenvalue weighted by molar-refractivity contribution is 7.89. The molecule has 0 saturated heterocycles. The molecule has 0 radical (unpaired) electrons. The van der Waals surface area contributed by atoms with E-state index >= 15 is 0 Å². The second-order valence-electron chi connectivity index (χ2n) is 5.37. The van der Waals surface area contributed by atoms with Gasteiger partial charge >= 0.3 is 0 Å². The fourth-order valence-corrected chi connectivity index (χ4v) is 2.75. The summed E-state index contributed by atoms with van der Waals surface area (Å²) in [6.45, 7) is 9.78. The molecular weight excluding hydrogens is 264 g/mol. The summed E-state index contributed by atoms with van der Waals surface area (Å²) in [6, 6.07) is 0.451. The number of hydrogen-bond donors (Lipinski definition) is 1. The number of unbranched alkanes of at least 4 members (excludes halogenated alkanes) is 1. The minimum Gasteiger partial charge on any atom is -0.377 e. The van der Waals surface area contributed by atoms with Crippen molar-refractivity contribution in [2.45, 2.75) is 52.7 Å². The molecule has 1 N–H and O–H groups in total. The second kappa shape index (κ2) is 9.69. The van der Waals surface area contributed by atoms with Crippen LogP contribution in [0.15, 0.2) is 0 Å². The second-order valence-corrected chi connectivity index (χ2v) is 7.57. The third-order valence-corrected chi connectivity index (χ3v) is 4.65. The van der Waals surface area contributed by atoms with Crippen molar-refractivity contribution in [1.29, 1.82) is 0 Å². The molecule has 0 saturated carbocycles. The average Bonchev–Trinajstić information content (AvgIpc) is 2.27. The first-order valence-electron chi connectivity index (χ1n) is 7.04. The lowest BCUT2D eigenvalue weighted by atomic mass is 10.3. The van der Waals surface area contributed by atoms with Gasteiger partial charge in [0.25, 0.3) is 0 Å². The highest BCUT2D eigenvalue weighted by atomic mass is 32.2. The van der Waals surface area contributed by atoms with Gasteiger partial charge in [0.2, 0.25) is 10.0 Å². The minimum absolute atomic E-state index is 0.137. The Balaban J connectivity index is 3.83. The first kappa shape index (κ1) is 18.8. The van der Waals surface area contributed by atoms with Gasteiger partial charge in [-0.2, -0.15) is 0 Å². The summed E-state index contributed by atoms with van der Waals surface area (Å²) in [7, 11) is -1.52. The Labute approximate surface area is 118 Å². The van der Waals surface area contributed by atoms with Gasteiger partial charge in [0.1, 0.15) is 0 Å². The smallest absolute Gasteiger partial charge is 0.213 e. The Hall–Kier alpha value is -0.170. The van der Waals surface area contributed by atoms with E-state index in [-0.39, 0.29) is 11.9 Å². The molecule has 0 aromatic carbocycles. The van der Waals surface area contributed by atoms with Gasteiger partial charge < -0.3 is 10.1 Å². The molecule has 0 fully saturated rings. The van der Waals surface area contributed by atoms with Gasteiger partial charge in [-0.3, -0.25) is 0 Å². The highest BCUT2D eigenvalue weighted by Gasteiger charge is 2.16. The van der Waals surface area contributed by atoms with Crippen molar-refractivity contribution in [2.75, 3.05) is 32.5 Å². The van der Waals surface area contributed by atoms with Crippen LogP contribution in [-0.4, -0.2) is 57.4 Å². The summed E-state index contributed by atoms with van der Waals surface area (Å²) in [5, 5.41) is 3.28. The third kappa shape index (κ3) is 10.3. The number of rotatable bonds is 11. The SMILES string of the molecule is CC(C)NCCCCS(=O)(=O)N(C)CCOC(C)C. The van der Waals surface area contributed by atoms with E-state index < -0.39 is 10.0 Å². The minimum atomic E-state index is -3.13. The number of nitrogens with one attached hydrogen (secondary N) is 1. The summed E-state index contributed by atoms with van der Waals surface area (Å²) in [6.07, 6.45) is 1.71. The molecule has 5 nitrogen and oxygen atoms in total. The molecule has 116 valence electrons. The van der Waals surface area contributed by atoms with E-state index in [9.17, 15) is 8.42 Å². The Bertz CT molecular complexity index is 316. The van der Waals surface area contributed by atoms with E-state index in [2.05, 4.69) is 19.2 Å². The Kier molecular flexibility index (Phi) is 9.60. The summed E-state index contributed by atoms with van der Waals surface area (Å²) >= 11 is 0. The van der Waals surface area contributed by atoms with Gasteiger partial charge in [-0.1, -0.05) is 13.8 Å². The zero-order valence-corrected chi connectivity index (χ0v) is 13.8. The number of nitrogens with zero attached hydrogens (tertiary/aromatic N) is 1. The van der Waals surface area contributed by atoms with E-state index in [1.165, 1.54) is 4.31 Å². The summed E-state index contributed by atoms with van der Waals surface area (Å²) in [5.41, 5.74) is 0. The molecule has 6 heteroatoms. The van der Waals surface area contributed by atoms with Crippen molar-refractivity contribution < 1.29 is 13.2 Å². The third-order valence-electron chi connectivity index (χ3n) is 2.71. The maximum absolute atomic E-state index is 12.0. The van der Waals surface area contributed by atoms with Crippen molar-refractivity contribution in [3.05, 3.63) is 0 Å². The first-order chi connectivity index (χ1) is 8.75. The summed E-state index contributed by atoms with van der Waals surface area (Å²) < 4.78 is 30.7. The van der Waals surface area contributed by atoms with Crippen LogP contribution in [0.5, 0.6) is 0 Å². The largest absolute Gasteiger partial charge is 0.377 e. The highest BCUT2D eigenvalue weighted by Crippen LogP contribution is 2.03. The van der Waals surface area contributed by atoms with Gasteiger partial charge in [0.15, 0.2) is 0 Å². The molecule has 0 unspecified atom stereocenters. The van der Waals surface area contributed by atoms with Crippen LogP contribution in [0.3, 0.4) is 0 Å². The lowest BCUT2D eigenvalue weighted by molar-refractivity contribution is 0.0737. The van der Waals surface area contributed by atoms with Crippen LogP contribution in [0.4, 0.5) is 0 Å². The number of ether oxygens (including phenoxy) is 1. The quantitative estimate of drug-likeness (QED) is 0.586. The van der Waals surface area contributed by atoms with Crippen LogP contribution in [0.1, 0.15) is 40.5 Å². The molecule has 0 amide bonds. The number of sulfonamides is 1. The van der Waals surface area contributed by atoms with Crippen molar-refractivity contribution >= 4 is 10.0 Å². The van der Waals surface area contributed by atoms with E-state index in [0.29, 0.717) is 25.6 Å². The Morgan fingerprint density at radius 1 is 1.16 bits per heavy atom. The normalized spacial score (nSPS) is 12.8. The number of likely N-dealkylation sites (N-methyl/N-ethyl adjacent to an activating group) is 1. The lowest BCUT2D eigenvalue weighted by Crippen LogP contribution is -2.33. The van der Waals surface area contributed by atoms with Crippen LogP contribution in [0, 0.1) is 0 Å². The van der Waals surface area contributed by atoms with Crippen LogP contribution in [0.25, 0.3) is 0 Å². The van der Waals surface area contributed by atoms with Gasteiger partial charge in [-0.05, 0) is 33.2 Å². The molecule has 0 aliphatic heterocycles. The van der Waals surface area contributed by atoms with Crippen molar-refractivity contribution in [3.8, 4) is 0 Å². The van der Waals surface area contributed by atoms with Crippen LogP contribution < -0.4 is 5.32 Å². The topological polar surface area (TPSA) is 58.6 Å². The zero-order chi connectivity index (χ0) is 14.9. The van der Waals surface area contributed by atoms with Gasteiger partial charge in [0.05, 0.1) is 18.5 Å². The van der Waals surface area contributed by atoms with Gasteiger partial charge in [-0.15, -0.1) is 0 Å². The molecule has 0 rings (SSSR count).